The number of hydrogen-bond acceptors (Lipinski definition) is 4. The second-order valence-corrected chi connectivity index (χ2v) is 9.22. The first kappa shape index (κ1) is 15.4. The number of aliphatic hydroxyl groups excluding tert-OH is 1. The molecular weight excluding hydrogens is 350 g/mol. The molecule has 1 aromatic rings. The van der Waals surface area contributed by atoms with Crippen LogP contribution in [0.15, 0.2) is 14.7 Å². The van der Waals surface area contributed by atoms with Crippen molar-refractivity contribution in [3.05, 3.63) is 14.7 Å². The quantitative estimate of drug-likeness (QED) is 0.840. The Bertz CT molecular complexity index is 541. The zero-order valence-corrected chi connectivity index (χ0v) is 13.9. The Hall–Kier alpha value is 0.0500. The van der Waals surface area contributed by atoms with Crippen molar-refractivity contribution in [2.24, 2.45) is 11.8 Å². The SMILES string of the molecule is CC1CCCC1CNS(=O)(=O)c1cc(CO)sc1Br. The number of rotatable bonds is 5. The lowest BCUT2D eigenvalue weighted by molar-refractivity contribution is 0.285. The molecule has 0 aromatic carbocycles. The minimum Gasteiger partial charge on any atom is -0.391 e. The maximum absolute atomic E-state index is 12.2. The summed E-state index contributed by atoms with van der Waals surface area (Å²) in [5.74, 6) is 1.02. The van der Waals surface area contributed by atoms with Gasteiger partial charge < -0.3 is 5.11 Å². The Morgan fingerprint density at radius 3 is 2.79 bits per heavy atom. The molecule has 0 radical (unpaired) electrons. The van der Waals surface area contributed by atoms with Crippen LogP contribution >= 0.6 is 27.3 Å². The zero-order valence-electron chi connectivity index (χ0n) is 10.7. The Kier molecular flexibility index (Phi) is 5.05. The second-order valence-electron chi connectivity index (χ2n) is 5.03. The first-order valence-corrected chi connectivity index (χ1v) is 9.42. The molecule has 4 nitrogen and oxygen atoms in total. The van der Waals surface area contributed by atoms with Gasteiger partial charge >= 0.3 is 0 Å². The summed E-state index contributed by atoms with van der Waals surface area (Å²) in [4.78, 5) is 0.869. The van der Waals surface area contributed by atoms with Gasteiger partial charge in [0, 0.05) is 11.4 Å². The molecule has 1 heterocycles. The van der Waals surface area contributed by atoms with Crippen molar-refractivity contribution in [1.82, 2.24) is 4.72 Å². The van der Waals surface area contributed by atoms with Gasteiger partial charge in [-0.05, 0) is 40.3 Å². The number of hydrogen-bond donors (Lipinski definition) is 2. The van der Waals surface area contributed by atoms with Crippen molar-refractivity contribution in [2.45, 2.75) is 37.7 Å². The van der Waals surface area contributed by atoms with E-state index in [2.05, 4.69) is 27.6 Å². The largest absolute Gasteiger partial charge is 0.391 e. The molecule has 1 aromatic heterocycles. The molecule has 2 unspecified atom stereocenters. The Labute approximate surface area is 126 Å². The molecule has 1 fully saturated rings. The van der Waals surface area contributed by atoms with Crippen LogP contribution in [0.5, 0.6) is 0 Å². The second kappa shape index (κ2) is 6.22. The predicted octanol–water partition coefficient (Wildman–Crippen LogP) is 2.72. The molecule has 0 aliphatic heterocycles. The molecule has 108 valence electrons. The first-order chi connectivity index (χ1) is 8.94. The van der Waals surface area contributed by atoms with Gasteiger partial charge in [-0.1, -0.05) is 19.8 Å². The van der Waals surface area contributed by atoms with Crippen LogP contribution in [0.2, 0.25) is 0 Å². The summed E-state index contributed by atoms with van der Waals surface area (Å²) >= 11 is 4.49. The minimum absolute atomic E-state index is 0.140. The summed E-state index contributed by atoms with van der Waals surface area (Å²) in [7, 11) is -3.49. The van der Waals surface area contributed by atoms with Crippen LogP contribution in [-0.2, 0) is 16.6 Å². The summed E-state index contributed by atoms with van der Waals surface area (Å²) in [6.07, 6.45) is 3.46. The summed E-state index contributed by atoms with van der Waals surface area (Å²) in [5, 5.41) is 9.05. The molecule has 0 saturated heterocycles. The highest BCUT2D eigenvalue weighted by Gasteiger charge is 2.26. The third-order valence-electron chi connectivity index (χ3n) is 3.73. The number of sulfonamides is 1. The minimum atomic E-state index is -3.49. The van der Waals surface area contributed by atoms with Gasteiger partial charge in [0.15, 0.2) is 0 Å². The fourth-order valence-corrected chi connectivity index (χ4v) is 6.11. The lowest BCUT2D eigenvalue weighted by Crippen LogP contribution is -2.30. The monoisotopic (exact) mass is 367 g/mol. The van der Waals surface area contributed by atoms with Crippen LogP contribution in [0.3, 0.4) is 0 Å². The molecule has 2 rings (SSSR count). The number of thiophene rings is 1. The van der Waals surface area contributed by atoms with Gasteiger partial charge in [0.2, 0.25) is 10.0 Å². The highest BCUT2D eigenvalue weighted by Crippen LogP contribution is 2.33. The van der Waals surface area contributed by atoms with Crippen molar-refractivity contribution < 1.29 is 13.5 Å². The fourth-order valence-electron chi connectivity index (χ4n) is 2.48. The Balaban J connectivity index is 2.07. The van der Waals surface area contributed by atoms with E-state index in [9.17, 15) is 8.42 Å². The highest BCUT2D eigenvalue weighted by atomic mass is 79.9. The molecule has 2 N–H and O–H groups in total. The van der Waals surface area contributed by atoms with Gasteiger partial charge in [-0.15, -0.1) is 11.3 Å². The van der Waals surface area contributed by atoms with Gasteiger partial charge in [-0.2, -0.15) is 0 Å². The van der Waals surface area contributed by atoms with Gasteiger partial charge in [0.25, 0.3) is 0 Å². The predicted molar refractivity (Wildman–Crippen MR) is 79.6 cm³/mol. The summed E-state index contributed by atoms with van der Waals surface area (Å²) in [6.45, 7) is 2.54. The lowest BCUT2D eigenvalue weighted by Gasteiger charge is -2.15. The van der Waals surface area contributed by atoms with E-state index in [1.807, 2.05) is 0 Å². The van der Waals surface area contributed by atoms with E-state index in [1.165, 1.54) is 30.2 Å². The third-order valence-corrected chi connectivity index (χ3v) is 7.39. The van der Waals surface area contributed by atoms with Crippen molar-refractivity contribution >= 4 is 37.3 Å². The topological polar surface area (TPSA) is 66.4 Å². The van der Waals surface area contributed by atoms with E-state index in [0.717, 1.165) is 6.42 Å². The van der Waals surface area contributed by atoms with Gasteiger partial charge in [-0.3, -0.25) is 0 Å². The zero-order chi connectivity index (χ0) is 14.0. The molecule has 2 atom stereocenters. The van der Waals surface area contributed by atoms with Crippen LogP contribution in [-0.4, -0.2) is 20.1 Å². The Morgan fingerprint density at radius 2 is 2.26 bits per heavy atom. The van der Waals surface area contributed by atoms with E-state index in [1.54, 1.807) is 0 Å². The summed E-state index contributed by atoms with van der Waals surface area (Å²) < 4.78 is 27.7. The van der Waals surface area contributed by atoms with Crippen LogP contribution in [0.1, 0.15) is 31.1 Å². The van der Waals surface area contributed by atoms with Crippen molar-refractivity contribution in [2.75, 3.05) is 6.54 Å². The normalized spacial score (nSPS) is 23.9. The van der Waals surface area contributed by atoms with Crippen LogP contribution in [0, 0.1) is 11.8 Å². The lowest BCUT2D eigenvalue weighted by atomic mass is 9.99. The van der Waals surface area contributed by atoms with E-state index >= 15 is 0 Å². The third kappa shape index (κ3) is 3.58. The fraction of sp³-hybridized carbons (Fsp3) is 0.667. The highest BCUT2D eigenvalue weighted by molar-refractivity contribution is 9.11. The first-order valence-electron chi connectivity index (χ1n) is 6.32. The smallest absolute Gasteiger partial charge is 0.242 e. The molecule has 0 amide bonds. The molecule has 1 aliphatic rings. The summed E-state index contributed by atoms with van der Waals surface area (Å²) in [5.41, 5.74) is 0. The van der Waals surface area contributed by atoms with E-state index < -0.39 is 10.0 Å². The van der Waals surface area contributed by atoms with E-state index in [0.29, 0.717) is 27.0 Å². The molecule has 0 spiro atoms. The number of nitrogens with one attached hydrogen (secondary N) is 1. The average Bonchev–Trinajstić information content (AvgIpc) is 2.93. The Morgan fingerprint density at radius 1 is 1.53 bits per heavy atom. The van der Waals surface area contributed by atoms with Crippen LogP contribution < -0.4 is 4.72 Å². The standard InChI is InChI=1S/C12H18BrNO3S2/c1-8-3-2-4-9(8)6-14-19(16,17)11-5-10(7-15)18-12(11)13/h5,8-9,14-15H,2-4,6-7H2,1H3. The van der Waals surface area contributed by atoms with Crippen molar-refractivity contribution in [3.8, 4) is 0 Å². The molecule has 1 saturated carbocycles. The van der Waals surface area contributed by atoms with Crippen molar-refractivity contribution in [3.63, 3.8) is 0 Å². The molecule has 0 bridgehead atoms. The molecule has 1 aliphatic carbocycles. The average molecular weight is 368 g/mol. The van der Waals surface area contributed by atoms with Crippen molar-refractivity contribution in [1.29, 1.82) is 0 Å². The van der Waals surface area contributed by atoms with Crippen LogP contribution in [0.4, 0.5) is 0 Å². The number of aliphatic hydroxyl groups is 1. The molecular formula is C12H18BrNO3S2. The molecule has 19 heavy (non-hydrogen) atoms. The summed E-state index contributed by atoms with van der Waals surface area (Å²) in [6, 6.07) is 1.52. The van der Waals surface area contributed by atoms with Crippen LogP contribution in [0.25, 0.3) is 0 Å². The maximum atomic E-state index is 12.2. The molecule has 7 heteroatoms. The number of halogens is 1. The van der Waals surface area contributed by atoms with Gasteiger partial charge in [0.05, 0.1) is 10.4 Å². The van der Waals surface area contributed by atoms with Gasteiger partial charge in [-0.25, -0.2) is 13.1 Å². The maximum Gasteiger partial charge on any atom is 0.242 e. The van der Waals surface area contributed by atoms with Gasteiger partial charge in [0.1, 0.15) is 4.90 Å². The van der Waals surface area contributed by atoms with E-state index in [4.69, 9.17) is 5.11 Å². The van der Waals surface area contributed by atoms with E-state index in [-0.39, 0.29) is 11.5 Å².